The maximum atomic E-state index is 4.57. The zero-order valence-electron chi connectivity index (χ0n) is 10.8. The van der Waals surface area contributed by atoms with E-state index in [2.05, 4.69) is 51.4 Å². The van der Waals surface area contributed by atoms with E-state index in [1.807, 2.05) is 6.08 Å². The van der Waals surface area contributed by atoms with E-state index in [0.29, 0.717) is 0 Å². The van der Waals surface area contributed by atoms with Crippen molar-refractivity contribution in [1.82, 2.24) is 0 Å². The molecule has 0 radical (unpaired) electrons. The molecule has 0 fully saturated rings. The van der Waals surface area contributed by atoms with Crippen molar-refractivity contribution in [1.29, 1.82) is 0 Å². The van der Waals surface area contributed by atoms with Crippen LogP contribution in [0.25, 0.3) is 0 Å². The predicted octanol–water partition coefficient (Wildman–Crippen LogP) is 4.25. The highest BCUT2D eigenvalue weighted by molar-refractivity contribution is 6.06. The molecule has 16 heavy (non-hydrogen) atoms. The van der Waals surface area contributed by atoms with Gasteiger partial charge >= 0.3 is 0 Å². The van der Waals surface area contributed by atoms with E-state index < -0.39 is 0 Å². The first-order valence-corrected chi connectivity index (χ1v) is 5.84. The van der Waals surface area contributed by atoms with Crippen LogP contribution in [0.5, 0.6) is 0 Å². The Bertz CT molecular complexity index is 403. The fourth-order valence-electron chi connectivity index (χ4n) is 1.92. The van der Waals surface area contributed by atoms with Crippen molar-refractivity contribution >= 4 is 5.71 Å². The highest BCUT2D eigenvalue weighted by Crippen LogP contribution is 2.25. The van der Waals surface area contributed by atoms with Gasteiger partial charge in [-0.15, -0.1) is 0 Å². The molecule has 0 N–H and O–H groups in total. The lowest BCUT2D eigenvalue weighted by molar-refractivity contribution is 1.16. The number of nitrogens with zero attached hydrogens (tertiary/aromatic N) is 1. The molecule has 0 amide bonds. The van der Waals surface area contributed by atoms with Gasteiger partial charge in [0.25, 0.3) is 0 Å². The Kier molecular flexibility index (Phi) is 4.48. The molecule has 1 aliphatic rings. The summed E-state index contributed by atoms with van der Waals surface area (Å²) in [5.41, 5.74) is 6.41. The van der Waals surface area contributed by atoms with E-state index in [0.717, 1.165) is 13.0 Å². The predicted molar refractivity (Wildman–Crippen MR) is 73.0 cm³/mol. The summed E-state index contributed by atoms with van der Waals surface area (Å²) in [7, 11) is 0. The van der Waals surface area contributed by atoms with Crippen molar-refractivity contribution in [2.45, 2.75) is 34.1 Å². The van der Waals surface area contributed by atoms with Gasteiger partial charge in [-0.25, -0.2) is 0 Å². The van der Waals surface area contributed by atoms with Crippen LogP contribution < -0.4 is 0 Å². The molecule has 0 aromatic carbocycles. The monoisotopic (exact) mass is 215 g/mol. The number of allylic oxidation sites excluding steroid dienone is 6. The van der Waals surface area contributed by atoms with Crippen LogP contribution in [0, 0.1) is 0 Å². The summed E-state index contributed by atoms with van der Waals surface area (Å²) in [6.45, 7) is 13.1. The molecule has 1 aliphatic heterocycles. The third kappa shape index (κ3) is 2.60. The van der Waals surface area contributed by atoms with E-state index in [1.165, 1.54) is 28.0 Å². The maximum absolute atomic E-state index is 4.57. The lowest BCUT2D eigenvalue weighted by atomic mass is 9.95. The van der Waals surface area contributed by atoms with Gasteiger partial charge in [0.15, 0.2) is 0 Å². The van der Waals surface area contributed by atoms with E-state index in [-0.39, 0.29) is 0 Å². The van der Waals surface area contributed by atoms with Gasteiger partial charge in [0.1, 0.15) is 0 Å². The molecule has 0 aromatic heterocycles. The summed E-state index contributed by atoms with van der Waals surface area (Å²) in [5, 5.41) is 0. The normalized spacial score (nSPS) is 17.9. The SMILES string of the molecule is C=C/C(C)=C\C(=C/C)C1=C(C)CN=C1CC. The van der Waals surface area contributed by atoms with E-state index in [1.54, 1.807) is 0 Å². The Morgan fingerprint density at radius 2 is 2.19 bits per heavy atom. The zero-order valence-corrected chi connectivity index (χ0v) is 10.8. The van der Waals surface area contributed by atoms with E-state index in [9.17, 15) is 0 Å². The topological polar surface area (TPSA) is 12.4 Å². The van der Waals surface area contributed by atoms with Crippen LogP contribution in [0.4, 0.5) is 0 Å². The summed E-state index contributed by atoms with van der Waals surface area (Å²) in [5.74, 6) is 0. The number of hydrogen-bond acceptors (Lipinski definition) is 1. The van der Waals surface area contributed by atoms with Gasteiger partial charge in [-0.1, -0.05) is 37.3 Å². The molecule has 0 aromatic rings. The van der Waals surface area contributed by atoms with Crippen molar-refractivity contribution in [2.24, 2.45) is 4.99 Å². The second-order valence-corrected chi connectivity index (χ2v) is 4.11. The molecule has 86 valence electrons. The Balaban J connectivity index is 3.12. The second kappa shape index (κ2) is 5.64. The van der Waals surface area contributed by atoms with Gasteiger partial charge in [0.05, 0.1) is 6.54 Å². The molecule has 1 rings (SSSR count). The molecule has 0 saturated carbocycles. The van der Waals surface area contributed by atoms with Crippen molar-refractivity contribution in [3.8, 4) is 0 Å². The quantitative estimate of drug-likeness (QED) is 0.622. The Labute approximate surface area is 99.0 Å². The van der Waals surface area contributed by atoms with Crippen LogP contribution in [0.2, 0.25) is 0 Å². The van der Waals surface area contributed by atoms with Gasteiger partial charge in [-0.3, -0.25) is 4.99 Å². The first-order chi connectivity index (χ1) is 7.63. The minimum atomic E-state index is 0.858. The molecule has 0 atom stereocenters. The molecule has 1 heteroatoms. The standard InChI is InChI=1S/C15H21N/c1-6-11(4)9-13(7-2)15-12(5)10-16-14(15)8-3/h6-7,9H,1,8,10H2,2-5H3/b11-9-,13-7+. The molecular weight excluding hydrogens is 194 g/mol. The minimum absolute atomic E-state index is 0.858. The summed E-state index contributed by atoms with van der Waals surface area (Å²) in [6, 6.07) is 0. The summed E-state index contributed by atoms with van der Waals surface area (Å²) < 4.78 is 0. The fraction of sp³-hybridized carbons (Fsp3) is 0.400. The van der Waals surface area contributed by atoms with Crippen LogP contribution in [-0.2, 0) is 0 Å². The van der Waals surface area contributed by atoms with Crippen molar-refractivity contribution < 1.29 is 0 Å². The van der Waals surface area contributed by atoms with Gasteiger partial charge < -0.3 is 0 Å². The highest BCUT2D eigenvalue weighted by atomic mass is 14.8. The zero-order chi connectivity index (χ0) is 12.1. The Hall–Kier alpha value is -1.37. The second-order valence-electron chi connectivity index (χ2n) is 4.11. The number of aliphatic imine (C=N–C) groups is 1. The highest BCUT2D eigenvalue weighted by Gasteiger charge is 2.16. The summed E-state index contributed by atoms with van der Waals surface area (Å²) in [4.78, 5) is 4.57. The smallest absolute Gasteiger partial charge is 0.0610 e. The van der Waals surface area contributed by atoms with E-state index in [4.69, 9.17) is 0 Å². The minimum Gasteiger partial charge on any atom is -0.285 e. The average Bonchev–Trinajstić information content (AvgIpc) is 2.67. The number of hydrogen-bond donors (Lipinski definition) is 0. The number of rotatable bonds is 4. The molecule has 1 nitrogen and oxygen atoms in total. The van der Waals surface area contributed by atoms with Crippen LogP contribution in [0.15, 0.2) is 52.1 Å². The van der Waals surface area contributed by atoms with Gasteiger partial charge in [0, 0.05) is 11.3 Å². The fourth-order valence-corrected chi connectivity index (χ4v) is 1.92. The molecule has 0 aliphatic carbocycles. The third-order valence-corrected chi connectivity index (χ3v) is 2.86. The van der Waals surface area contributed by atoms with Crippen molar-refractivity contribution in [2.75, 3.05) is 6.54 Å². The van der Waals surface area contributed by atoms with Crippen molar-refractivity contribution in [3.05, 3.63) is 47.1 Å². The van der Waals surface area contributed by atoms with E-state index >= 15 is 0 Å². The lowest BCUT2D eigenvalue weighted by Crippen LogP contribution is -2.01. The first kappa shape index (κ1) is 12.7. The van der Waals surface area contributed by atoms with Gasteiger partial charge in [-0.05, 0) is 38.3 Å². The largest absolute Gasteiger partial charge is 0.285 e. The molecule has 0 bridgehead atoms. The van der Waals surface area contributed by atoms with Crippen molar-refractivity contribution in [3.63, 3.8) is 0 Å². The van der Waals surface area contributed by atoms with Gasteiger partial charge in [0.2, 0.25) is 0 Å². The first-order valence-electron chi connectivity index (χ1n) is 5.84. The Morgan fingerprint density at radius 1 is 1.50 bits per heavy atom. The van der Waals surface area contributed by atoms with Gasteiger partial charge in [-0.2, -0.15) is 0 Å². The molecule has 0 unspecified atom stereocenters. The molecule has 1 heterocycles. The average molecular weight is 215 g/mol. The van der Waals surface area contributed by atoms with Crippen LogP contribution >= 0.6 is 0 Å². The summed E-state index contributed by atoms with van der Waals surface area (Å²) in [6.07, 6.45) is 7.23. The van der Waals surface area contributed by atoms with Crippen LogP contribution in [0.3, 0.4) is 0 Å². The molecule has 0 saturated heterocycles. The molecular formula is C15H21N. The van der Waals surface area contributed by atoms with Crippen LogP contribution in [-0.4, -0.2) is 12.3 Å². The third-order valence-electron chi connectivity index (χ3n) is 2.86. The summed E-state index contributed by atoms with van der Waals surface area (Å²) >= 11 is 0. The lowest BCUT2D eigenvalue weighted by Gasteiger charge is -2.08. The van der Waals surface area contributed by atoms with Crippen LogP contribution in [0.1, 0.15) is 34.1 Å². The molecule has 0 spiro atoms. The Morgan fingerprint density at radius 3 is 2.69 bits per heavy atom. The maximum Gasteiger partial charge on any atom is 0.0610 e.